The minimum absolute atomic E-state index is 0.0123. The third-order valence-corrected chi connectivity index (χ3v) is 15.9. The Kier molecular flexibility index (Phi) is 3.34. The second kappa shape index (κ2) is 4.78. The van der Waals surface area contributed by atoms with Crippen molar-refractivity contribution in [2.24, 2.45) is 23.2 Å². The van der Waals surface area contributed by atoms with Crippen molar-refractivity contribution in [2.75, 3.05) is 8.86 Å². The fourth-order valence-corrected chi connectivity index (χ4v) is 14.4. The van der Waals surface area contributed by atoms with Crippen molar-refractivity contribution in [3.05, 3.63) is 0 Å². The van der Waals surface area contributed by atoms with Crippen LogP contribution in [0.25, 0.3) is 0 Å². The maximum absolute atomic E-state index is 12.4. The molecule has 2 heterocycles. The number of Topliss-reactive ketones (excluding diaryl/α,β-unsaturated/α-hetero) is 2. The van der Waals surface area contributed by atoms with Gasteiger partial charge in [0.15, 0.2) is 0 Å². The van der Waals surface area contributed by atoms with E-state index in [4.69, 9.17) is 0 Å². The van der Waals surface area contributed by atoms with E-state index in [2.05, 4.69) is 13.8 Å². The van der Waals surface area contributed by atoms with Crippen molar-refractivity contribution in [1.29, 1.82) is 0 Å². The Hall–Kier alpha value is 0.0700. The van der Waals surface area contributed by atoms with Crippen LogP contribution in [-0.4, -0.2) is 23.8 Å². The van der Waals surface area contributed by atoms with Gasteiger partial charge in [0.05, 0.1) is 0 Å². The molecule has 118 valence electrons. The SMILES string of the molecule is CC12CCC3C(CCI4CC(=O)CCC34C)C1CCC2=O. The van der Waals surface area contributed by atoms with Crippen LogP contribution in [0.5, 0.6) is 0 Å². The molecule has 21 heavy (non-hydrogen) atoms. The van der Waals surface area contributed by atoms with Crippen LogP contribution in [0, 0.1) is 23.2 Å². The van der Waals surface area contributed by atoms with Crippen LogP contribution in [0.3, 0.4) is 0 Å². The number of rotatable bonds is 0. The number of carbonyl (C=O) groups is 2. The summed E-state index contributed by atoms with van der Waals surface area (Å²) in [5, 5.41) is 0. The Balaban J connectivity index is 1.65. The molecule has 0 spiro atoms. The number of halogens is 1. The fourth-order valence-electron chi connectivity index (χ4n) is 6.05. The van der Waals surface area contributed by atoms with E-state index in [0.717, 1.165) is 41.9 Å². The van der Waals surface area contributed by atoms with Crippen LogP contribution in [-0.2, 0) is 9.59 Å². The van der Waals surface area contributed by atoms with Crippen molar-refractivity contribution >= 4 is 31.4 Å². The molecule has 5 atom stereocenters. The van der Waals surface area contributed by atoms with E-state index in [1.807, 2.05) is 0 Å². The van der Waals surface area contributed by atoms with Crippen LogP contribution in [0.1, 0.15) is 58.8 Å². The van der Waals surface area contributed by atoms with Gasteiger partial charge < -0.3 is 0 Å². The summed E-state index contributed by atoms with van der Waals surface area (Å²) in [6, 6.07) is 0. The van der Waals surface area contributed by atoms with Gasteiger partial charge in [-0.1, -0.05) is 0 Å². The molecule has 4 rings (SSSR count). The van der Waals surface area contributed by atoms with Crippen molar-refractivity contribution in [1.82, 2.24) is 0 Å². The quantitative estimate of drug-likeness (QED) is 0.453. The van der Waals surface area contributed by atoms with Crippen LogP contribution in [0.4, 0.5) is 0 Å². The molecule has 4 fully saturated rings. The zero-order valence-electron chi connectivity index (χ0n) is 13.3. The number of alkyl halides is 3. The van der Waals surface area contributed by atoms with Crippen LogP contribution >= 0.6 is 19.8 Å². The minimum atomic E-state index is -1.11. The summed E-state index contributed by atoms with van der Waals surface area (Å²) in [6.45, 7) is 4.81. The van der Waals surface area contributed by atoms with Gasteiger partial charge in [-0.2, -0.15) is 0 Å². The Morgan fingerprint density at radius 2 is 1.81 bits per heavy atom. The summed E-state index contributed by atoms with van der Waals surface area (Å²) < 4.78 is 2.91. The second-order valence-corrected chi connectivity index (χ2v) is 15.1. The van der Waals surface area contributed by atoms with Crippen LogP contribution in [0.15, 0.2) is 0 Å². The molecule has 0 bridgehead atoms. The Bertz CT molecular complexity index is 501. The van der Waals surface area contributed by atoms with Crippen LogP contribution < -0.4 is 0 Å². The molecule has 3 heteroatoms. The zero-order valence-corrected chi connectivity index (χ0v) is 15.4. The second-order valence-electron chi connectivity index (χ2n) is 8.18. The number of hydrogen-bond donors (Lipinski definition) is 0. The number of carbonyl (C=O) groups excluding carboxylic acids is 2. The maximum atomic E-state index is 12.4. The average molecular weight is 402 g/mol. The molecule has 0 amide bonds. The molecule has 2 aliphatic heterocycles. The molecule has 0 aromatic carbocycles. The number of hydrogen-bond acceptors (Lipinski definition) is 2. The Labute approximate surface area is 135 Å². The third kappa shape index (κ3) is 1.94. The van der Waals surface area contributed by atoms with E-state index in [0.29, 0.717) is 20.9 Å². The normalized spacial score (nSPS) is 51.3. The van der Waals surface area contributed by atoms with Crippen molar-refractivity contribution in [3.63, 3.8) is 0 Å². The summed E-state index contributed by atoms with van der Waals surface area (Å²) in [5.41, 5.74) is 0.0123. The molecule has 2 saturated heterocycles. The predicted octanol–water partition coefficient (Wildman–Crippen LogP) is 4.03. The van der Waals surface area contributed by atoms with Crippen LogP contribution in [0.2, 0.25) is 0 Å². The molecule has 0 aromatic heterocycles. The van der Waals surface area contributed by atoms with Gasteiger partial charge in [-0.05, 0) is 0 Å². The number of ketones is 2. The average Bonchev–Trinajstić information content (AvgIpc) is 2.76. The summed E-state index contributed by atoms with van der Waals surface area (Å²) in [6.07, 6.45) is 7.74. The van der Waals surface area contributed by atoms with Gasteiger partial charge in [0.25, 0.3) is 0 Å². The summed E-state index contributed by atoms with van der Waals surface area (Å²) in [7, 11) is 0. The van der Waals surface area contributed by atoms with E-state index >= 15 is 0 Å². The summed E-state index contributed by atoms with van der Waals surface area (Å²) in [4.78, 5) is 24.3. The molecule has 0 aromatic rings. The fraction of sp³-hybridized carbons (Fsp3) is 0.889. The first-order chi connectivity index (χ1) is 9.95. The monoisotopic (exact) mass is 402 g/mol. The summed E-state index contributed by atoms with van der Waals surface area (Å²) >= 11 is -1.11. The molecule has 5 unspecified atom stereocenters. The zero-order chi connectivity index (χ0) is 14.8. The molecule has 0 N–H and O–H groups in total. The van der Waals surface area contributed by atoms with Gasteiger partial charge in [0.1, 0.15) is 0 Å². The van der Waals surface area contributed by atoms with Crippen molar-refractivity contribution in [3.8, 4) is 0 Å². The van der Waals surface area contributed by atoms with Gasteiger partial charge in [-0.3, -0.25) is 0 Å². The third-order valence-electron chi connectivity index (χ3n) is 7.40. The van der Waals surface area contributed by atoms with Gasteiger partial charge >= 0.3 is 135 Å². The molecule has 0 radical (unpaired) electrons. The first-order valence-corrected chi connectivity index (χ1v) is 12.7. The van der Waals surface area contributed by atoms with Gasteiger partial charge in [0, 0.05) is 0 Å². The molecule has 2 nitrogen and oxygen atoms in total. The van der Waals surface area contributed by atoms with Crippen molar-refractivity contribution in [2.45, 2.75) is 62.2 Å². The summed E-state index contributed by atoms with van der Waals surface area (Å²) in [5.74, 6) is 3.41. The Morgan fingerprint density at radius 3 is 2.62 bits per heavy atom. The molecule has 2 aliphatic carbocycles. The Morgan fingerprint density at radius 1 is 1.00 bits per heavy atom. The van der Waals surface area contributed by atoms with Gasteiger partial charge in [0.2, 0.25) is 0 Å². The molecule has 2 saturated carbocycles. The first-order valence-electron chi connectivity index (χ1n) is 8.62. The standard InChI is InChI=1S/C18H27IO2/c1-17-8-6-15-13(14(17)3-4-16(17)21)7-10-19-11-12(20)5-9-18(15,19)2/h13-15H,3-11H2,1-2H3. The van der Waals surface area contributed by atoms with E-state index in [1.54, 1.807) is 0 Å². The van der Waals surface area contributed by atoms with Gasteiger partial charge in [-0.15, -0.1) is 0 Å². The number of fused-ring (bicyclic) bond motifs is 5. The van der Waals surface area contributed by atoms with E-state index in [9.17, 15) is 9.59 Å². The van der Waals surface area contributed by atoms with E-state index in [1.165, 1.54) is 23.7 Å². The van der Waals surface area contributed by atoms with E-state index < -0.39 is 19.8 Å². The topological polar surface area (TPSA) is 34.1 Å². The van der Waals surface area contributed by atoms with Gasteiger partial charge in [-0.25, -0.2) is 0 Å². The van der Waals surface area contributed by atoms with Crippen molar-refractivity contribution < 1.29 is 9.59 Å². The first kappa shape index (κ1) is 14.6. The molecular weight excluding hydrogens is 375 g/mol. The predicted molar refractivity (Wildman–Crippen MR) is 93.1 cm³/mol. The molecular formula is C18H27IO2. The molecule has 4 aliphatic rings. The van der Waals surface area contributed by atoms with E-state index in [-0.39, 0.29) is 5.41 Å².